The van der Waals surface area contributed by atoms with E-state index in [1.54, 1.807) is 49.8 Å². The average Bonchev–Trinajstić information content (AvgIpc) is 3.70. The van der Waals surface area contributed by atoms with E-state index >= 15 is 0 Å². The number of likely N-dealkylation sites (N-methyl/N-ethyl adjacent to an activating group) is 1. The van der Waals surface area contributed by atoms with Gasteiger partial charge in [0.2, 0.25) is 12.0 Å². The van der Waals surface area contributed by atoms with Gasteiger partial charge in [-0.25, -0.2) is 19.2 Å². The van der Waals surface area contributed by atoms with E-state index in [0.717, 1.165) is 49.8 Å². The van der Waals surface area contributed by atoms with Gasteiger partial charge in [0.15, 0.2) is 5.82 Å². The van der Waals surface area contributed by atoms with Gasteiger partial charge in [-0.3, -0.25) is 9.88 Å². The highest BCUT2D eigenvalue weighted by Gasteiger charge is 2.28. The molecule has 0 radical (unpaired) electrons. The number of hydrogen-bond acceptors (Lipinski definition) is 12. The number of carboxylic acids is 1. The zero-order chi connectivity index (χ0) is 43.2. The van der Waals surface area contributed by atoms with E-state index in [1.807, 2.05) is 55.5 Å². The van der Waals surface area contributed by atoms with Gasteiger partial charge in [-0.2, -0.15) is 4.37 Å². The molecule has 0 amide bonds. The van der Waals surface area contributed by atoms with E-state index < -0.39 is 17.9 Å². The van der Waals surface area contributed by atoms with Gasteiger partial charge >= 0.3 is 5.97 Å². The van der Waals surface area contributed by atoms with Crippen LogP contribution in [-0.2, 0) is 17.8 Å². The van der Waals surface area contributed by atoms with Gasteiger partial charge in [0.05, 0.1) is 39.2 Å². The van der Waals surface area contributed by atoms with Crippen LogP contribution in [0.25, 0.3) is 43.9 Å². The fourth-order valence-corrected chi connectivity index (χ4v) is 8.34. The molecule has 8 rings (SSSR count). The number of carbonyl (C=O) groups is 1. The van der Waals surface area contributed by atoms with E-state index in [9.17, 15) is 14.3 Å². The van der Waals surface area contributed by atoms with Crippen molar-refractivity contribution in [1.82, 2.24) is 29.1 Å². The molecule has 7 aromatic rings. The van der Waals surface area contributed by atoms with Crippen molar-refractivity contribution in [2.45, 2.75) is 26.1 Å². The number of fused-ring (bicyclic) bond motifs is 1. The minimum Gasteiger partial charge on any atom is -0.496 e. The Morgan fingerprint density at radius 3 is 2.50 bits per heavy atom. The molecular weight excluding hydrogens is 831 g/mol. The number of piperazine rings is 1. The highest BCUT2D eigenvalue weighted by atomic mass is 35.5. The molecule has 0 saturated carbocycles. The van der Waals surface area contributed by atoms with E-state index in [2.05, 4.69) is 26.2 Å². The lowest BCUT2D eigenvalue weighted by atomic mass is 9.93. The summed E-state index contributed by atoms with van der Waals surface area (Å²) in [5.41, 5.74) is 4.90. The highest BCUT2D eigenvalue weighted by molar-refractivity contribution is 7.13. The summed E-state index contributed by atoms with van der Waals surface area (Å²) < 4.78 is 44.4. The maximum Gasteiger partial charge on any atom is 0.345 e. The molecule has 15 heteroatoms. The predicted octanol–water partition coefficient (Wildman–Crippen LogP) is 8.87. The first kappa shape index (κ1) is 42.5. The fraction of sp³-hybridized carbons (Fsp3) is 0.255. The minimum absolute atomic E-state index is 0.0526. The molecule has 0 bridgehead atoms. The van der Waals surface area contributed by atoms with Crippen LogP contribution in [0, 0.1) is 12.7 Å². The summed E-state index contributed by atoms with van der Waals surface area (Å²) in [6.07, 6.45) is 1.87. The second-order valence-electron chi connectivity index (χ2n) is 14.9. The maximum atomic E-state index is 14.8. The van der Waals surface area contributed by atoms with Crippen LogP contribution in [0.4, 0.5) is 4.39 Å². The molecule has 62 heavy (non-hydrogen) atoms. The number of methoxy groups -OCH3 is 1. The van der Waals surface area contributed by atoms with Crippen LogP contribution in [0.5, 0.6) is 23.1 Å². The van der Waals surface area contributed by atoms with E-state index in [0.29, 0.717) is 84.0 Å². The van der Waals surface area contributed by atoms with Crippen molar-refractivity contribution in [3.8, 4) is 56.9 Å². The fourth-order valence-electron chi connectivity index (χ4n) is 7.42. The van der Waals surface area contributed by atoms with Crippen LogP contribution in [0.15, 0.2) is 103 Å². The molecule has 1 aliphatic rings. The normalized spacial score (nSPS) is 13.8. The lowest BCUT2D eigenvalue weighted by Crippen LogP contribution is -2.45. The first-order valence-corrected chi connectivity index (χ1v) is 21.2. The summed E-state index contributed by atoms with van der Waals surface area (Å²) in [6, 6.07) is 26.3. The number of pyridine rings is 1. The van der Waals surface area contributed by atoms with Crippen molar-refractivity contribution >= 4 is 39.2 Å². The monoisotopic (exact) mass is 874 g/mol. The summed E-state index contributed by atoms with van der Waals surface area (Å²) in [6.45, 7) is 7.20. The van der Waals surface area contributed by atoms with Crippen molar-refractivity contribution in [3.63, 3.8) is 0 Å². The van der Waals surface area contributed by atoms with Crippen LogP contribution in [0.3, 0.4) is 0 Å². The van der Waals surface area contributed by atoms with Gasteiger partial charge in [0, 0.05) is 62.7 Å². The van der Waals surface area contributed by atoms with Gasteiger partial charge < -0.3 is 29.0 Å². The molecule has 1 aliphatic heterocycles. The molecule has 4 aromatic carbocycles. The molecule has 1 atom stereocenters. The van der Waals surface area contributed by atoms with Gasteiger partial charge in [-0.15, -0.1) is 0 Å². The third kappa shape index (κ3) is 9.48. The molecule has 1 fully saturated rings. The molecule has 0 aliphatic carbocycles. The third-order valence-corrected chi connectivity index (χ3v) is 12.0. The molecule has 12 nitrogen and oxygen atoms in total. The summed E-state index contributed by atoms with van der Waals surface area (Å²) in [4.78, 5) is 31.6. The van der Waals surface area contributed by atoms with Gasteiger partial charge in [0.1, 0.15) is 36.3 Å². The Kier molecular flexibility index (Phi) is 13.2. The van der Waals surface area contributed by atoms with Gasteiger partial charge in [0.25, 0.3) is 0 Å². The van der Waals surface area contributed by atoms with Crippen LogP contribution in [0.1, 0.15) is 16.8 Å². The highest BCUT2D eigenvalue weighted by Crippen LogP contribution is 2.46. The molecule has 0 spiro atoms. The van der Waals surface area contributed by atoms with Crippen LogP contribution in [-0.4, -0.2) is 99.8 Å². The van der Waals surface area contributed by atoms with Crippen molar-refractivity contribution in [2.75, 3.05) is 53.5 Å². The Labute approximate surface area is 367 Å². The summed E-state index contributed by atoms with van der Waals surface area (Å²) in [5, 5.41) is 11.6. The van der Waals surface area contributed by atoms with Gasteiger partial charge in [-0.1, -0.05) is 60.1 Å². The maximum absolute atomic E-state index is 14.8. The number of carboxylic acid groups (broad SMARTS) is 1. The number of benzene rings is 4. The Bertz CT molecular complexity index is 2710. The largest absolute Gasteiger partial charge is 0.496 e. The van der Waals surface area contributed by atoms with Crippen molar-refractivity contribution in [1.29, 1.82) is 0 Å². The summed E-state index contributed by atoms with van der Waals surface area (Å²) in [5.74, 6) is 0.606. The van der Waals surface area contributed by atoms with E-state index in [-0.39, 0.29) is 18.9 Å². The van der Waals surface area contributed by atoms with Crippen molar-refractivity contribution < 1.29 is 33.2 Å². The zero-order valence-corrected chi connectivity index (χ0v) is 36.0. The number of rotatable bonds is 16. The van der Waals surface area contributed by atoms with Crippen molar-refractivity contribution in [3.05, 3.63) is 131 Å². The first-order valence-electron chi connectivity index (χ1n) is 20.1. The topological polar surface area (TPSA) is 132 Å². The van der Waals surface area contributed by atoms with Crippen LogP contribution < -0.4 is 18.9 Å². The zero-order valence-electron chi connectivity index (χ0n) is 34.4. The van der Waals surface area contributed by atoms with Gasteiger partial charge in [-0.05, 0) is 84.7 Å². The average molecular weight is 875 g/mol. The first-order chi connectivity index (χ1) is 30.2. The van der Waals surface area contributed by atoms with E-state index in [4.69, 9.17) is 40.5 Å². The standard InChI is InChI=1S/C47H44ClFN6O6S/c1-29-34(15-16-38(43(29)48)59-24-23-55-21-19-54(2)20-22-55)41-42-40(27-51-44(41)31-10-8-11-32(49)25-31)62-53-46(42)61-39(47(56)57)26-30-9-4-6-13-36(30)60-28-33-17-18-50-45(52-33)35-12-5-7-14-37(35)58-3/h4-18,25,27,39H,19-24,26,28H2,1-3H3,(H,56,57). The lowest BCUT2D eigenvalue weighted by molar-refractivity contribution is -0.145. The number of hydrogen-bond donors (Lipinski definition) is 1. The lowest BCUT2D eigenvalue weighted by Gasteiger charge is -2.32. The number of aliphatic carboxylic acids is 1. The Hall–Kier alpha value is -6.19. The Morgan fingerprint density at radius 2 is 1.71 bits per heavy atom. The molecule has 1 N–H and O–H groups in total. The number of aromatic nitrogens is 4. The van der Waals surface area contributed by atoms with Crippen LogP contribution >= 0.6 is 23.1 Å². The van der Waals surface area contributed by atoms with Crippen molar-refractivity contribution in [2.24, 2.45) is 0 Å². The minimum atomic E-state index is -1.37. The second-order valence-corrected chi connectivity index (χ2v) is 16.1. The smallest absolute Gasteiger partial charge is 0.345 e. The second kappa shape index (κ2) is 19.2. The predicted molar refractivity (Wildman–Crippen MR) is 238 cm³/mol. The number of para-hydroxylation sites is 2. The molecular formula is C47H44ClFN6O6S. The Morgan fingerprint density at radius 1 is 0.919 bits per heavy atom. The van der Waals surface area contributed by atoms with E-state index in [1.165, 1.54) is 12.1 Å². The SMILES string of the molecule is COc1ccccc1-c1nccc(COc2ccccc2CC(Oc2nsc3cnc(-c4cccc(F)c4)c(-c4ccc(OCCN5CCN(C)CC5)c(Cl)c4C)c23)C(=O)O)n1. The molecule has 4 heterocycles. The molecule has 318 valence electrons. The number of ether oxygens (including phenoxy) is 4. The third-order valence-electron chi connectivity index (χ3n) is 10.8. The summed E-state index contributed by atoms with van der Waals surface area (Å²) >= 11 is 8.17. The molecule has 3 aromatic heterocycles. The molecule has 1 saturated heterocycles. The summed E-state index contributed by atoms with van der Waals surface area (Å²) in [7, 11) is 3.72. The van der Waals surface area contributed by atoms with Crippen LogP contribution in [0.2, 0.25) is 5.02 Å². The number of halogens is 2. The molecule has 1 unspecified atom stereocenters. The Balaban J connectivity index is 1.08. The quantitative estimate of drug-likeness (QED) is 0.0995. The number of nitrogens with zero attached hydrogens (tertiary/aromatic N) is 6.